The molecule has 0 saturated carbocycles. The van der Waals surface area contributed by atoms with Gasteiger partial charge in [0.15, 0.2) is 0 Å². The van der Waals surface area contributed by atoms with Crippen molar-refractivity contribution in [3.05, 3.63) is 0 Å². The van der Waals surface area contributed by atoms with E-state index in [2.05, 4.69) is 0 Å². The second-order valence-electron chi connectivity index (χ2n) is 0.448. The number of rotatable bonds is 0. The molecule has 2 radical (unpaired) electrons. The maximum absolute atomic E-state index is 8.85. The van der Waals surface area contributed by atoms with Crippen LogP contribution in [-0.4, -0.2) is 7.52 Å². The van der Waals surface area contributed by atoms with Crippen LogP contribution in [0.5, 0.6) is 0 Å². The van der Waals surface area contributed by atoms with E-state index >= 15 is 0 Å². The van der Waals surface area contributed by atoms with Crippen molar-refractivity contribution in [1.82, 2.24) is 0 Å². The third-order valence-corrected chi connectivity index (χ3v) is 0. The molecule has 0 saturated heterocycles. The van der Waals surface area contributed by atoms with Crippen molar-refractivity contribution in [1.29, 1.82) is 0 Å². The molecule has 7 heteroatoms. The Labute approximate surface area is 75.0 Å². The molecule has 0 aromatic rings. The summed E-state index contributed by atoms with van der Waals surface area (Å²) in [7, 11) is 0. The normalized spacial score (nSPS) is 8.29. The molecule has 0 bridgehead atoms. The van der Waals surface area contributed by atoms with E-state index in [0.717, 1.165) is 0 Å². The second kappa shape index (κ2) is 5.82. The van der Waals surface area contributed by atoms with E-state index in [9.17, 15) is 0 Å². The summed E-state index contributed by atoms with van der Waals surface area (Å²) in [6.45, 7) is 0. The molecular weight excluding hydrogens is 376 g/mol. The van der Waals surface area contributed by atoms with Gasteiger partial charge >= 0.3 is 31.1 Å². The summed E-state index contributed by atoms with van der Waals surface area (Å²) in [5, 5.41) is 0. The molecule has 0 unspecified atom stereocenters. The molecular formula is H2Ag2MoO4. The van der Waals surface area contributed by atoms with Crippen molar-refractivity contribution in [2.24, 2.45) is 0 Å². The van der Waals surface area contributed by atoms with Crippen LogP contribution in [-0.2, 0) is 68.3 Å². The minimum absolute atomic E-state index is 0. The van der Waals surface area contributed by atoms with Crippen LogP contribution in [0.2, 0.25) is 0 Å². The predicted molar refractivity (Wildman–Crippen MR) is 5.81 cm³/mol. The Kier molecular flexibility index (Phi) is 13.2. The molecule has 2 N–H and O–H groups in total. The van der Waals surface area contributed by atoms with Crippen LogP contribution in [0.15, 0.2) is 0 Å². The summed E-state index contributed by atoms with van der Waals surface area (Å²) in [5.41, 5.74) is 0. The van der Waals surface area contributed by atoms with Gasteiger partial charge in [0.1, 0.15) is 0 Å². The third kappa shape index (κ3) is 87.2. The Balaban J connectivity index is -0.0000000800. The van der Waals surface area contributed by atoms with Crippen LogP contribution in [0.1, 0.15) is 0 Å². The molecule has 4 nitrogen and oxygen atoms in total. The van der Waals surface area contributed by atoms with Crippen LogP contribution in [0, 0.1) is 0 Å². The maximum atomic E-state index is 8.85. The van der Waals surface area contributed by atoms with Crippen molar-refractivity contribution >= 4 is 0 Å². The van der Waals surface area contributed by atoms with E-state index in [1.54, 1.807) is 0 Å². The van der Waals surface area contributed by atoms with Gasteiger partial charge < -0.3 is 0 Å². The molecule has 0 rings (SSSR count). The van der Waals surface area contributed by atoms with Crippen LogP contribution < -0.4 is 0 Å². The summed E-state index contributed by atoms with van der Waals surface area (Å²) in [6, 6.07) is 0. The van der Waals surface area contributed by atoms with Gasteiger partial charge in [-0.05, 0) is 0 Å². The second-order valence-corrected chi connectivity index (χ2v) is 2.65. The summed E-state index contributed by atoms with van der Waals surface area (Å²) in [5.74, 6) is 0. The third-order valence-electron chi connectivity index (χ3n) is 0. The van der Waals surface area contributed by atoms with Crippen molar-refractivity contribution in [2.75, 3.05) is 0 Å². The number of hydrogen-bond donors (Lipinski definition) is 2. The van der Waals surface area contributed by atoms with E-state index in [0.29, 0.717) is 0 Å². The van der Waals surface area contributed by atoms with Crippen LogP contribution in [0.4, 0.5) is 0 Å². The van der Waals surface area contributed by atoms with Crippen molar-refractivity contribution in [3.63, 3.8) is 0 Å². The Morgan fingerprint density at radius 1 is 1.00 bits per heavy atom. The first kappa shape index (κ1) is 15.9. The zero-order chi connectivity index (χ0) is 4.50. The Hall–Kier alpha value is 1.69. The molecule has 7 heavy (non-hydrogen) atoms. The topological polar surface area (TPSA) is 74.6 Å². The minimum atomic E-state index is -5.52. The van der Waals surface area contributed by atoms with Crippen molar-refractivity contribution in [3.8, 4) is 0 Å². The van der Waals surface area contributed by atoms with Gasteiger partial charge in [-0.15, -0.1) is 0 Å². The number of hydrogen-bond acceptors (Lipinski definition) is 2. The average Bonchev–Trinajstić information content (AvgIpc) is 0.722. The quantitative estimate of drug-likeness (QED) is 0.512. The van der Waals surface area contributed by atoms with Crippen molar-refractivity contribution < 1.29 is 75.8 Å². The van der Waals surface area contributed by atoms with E-state index < -0.39 is 16.7 Å². The van der Waals surface area contributed by atoms with Gasteiger partial charge in [-0.1, -0.05) is 0 Å². The summed E-state index contributed by atoms with van der Waals surface area (Å²) in [4.78, 5) is 0. The van der Waals surface area contributed by atoms with Gasteiger partial charge in [0.2, 0.25) is 0 Å². The molecule has 54 valence electrons. The zero-order valence-electron chi connectivity index (χ0n) is 2.72. The first-order chi connectivity index (χ1) is 2.00. The van der Waals surface area contributed by atoms with Gasteiger partial charge in [0, 0.05) is 44.8 Å². The fourth-order valence-electron chi connectivity index (χ4n) is 0. The van der Waals surface area contributed by atoms with Gasteiger partial charge in [-0.3, -0.25) is 0 Å². The zero-order valence-corrected chi connectivity index (χ0v) is 7.69. The molecule has 0 aliphatic rings. The molecule has 0 fully saturated rings. The van der Waals surface area contributed by atoms with Gasteiger partial charge in [-0.25, -0.2) is 0 Å². The standard InChI is InChI=1S/2Ag.Mo.2H2O.2O/h;;;2*1H2;;/q;;+2;;;;/p-2. The van der Waals surface area contributed by atoms with E-state index in [-0.39, 0.29) is 44.8 Å². The predicted octanol–water partition coefficient (Wildman–Crippen LogP) is -1.36. The average molecular weight is 378 g/mol. The Bertz CT molecular complexity index is 92.9. The molecule has 0 aliphatic heterocycles. The summed E-state index contributed by atoms with van der Waals surface area (Å²) < 4.78 is 32.0. The van der Waals surface area contributed by atoms with Crippen LogP contribution in [0.25, 0.3) is 0 Å². The van der Waals surface area contributed by atoms with E-state index in [1.807, 2.05) is 0 Å². The first-order valence-electron chi connectivity index (χ1n) is 0.698. The molecule has 0 aliphatic carbocycles. The van der Waals surface area contributed by atoms with Gasteiger partial charge in [0.05, 0.1) is 0 Å². The van der Waals surface area contributed by atoms with Crippen LogP contribution >= 0.6 is 0 Å². The monoisotopic (exact) mass is 378 g/mol. The molecule has 0 aromatic heterocycles. The van der Waals surface area contributed by atoms with E-state index in [4.69, 9.17) is 14.3 Å². The molecule has 0 atom stereocenters. The fourth-order valence-corrected chi connectivity index (χ4v) is 0. The van der Waals surface area contributed by atoms with Crippen molar-refractivity contribution in [2.45, 2.75) is 0 Å². The van der Waals surface area contributed by atoms with Crippen LogP contribution in [0.3, 0.4) is 0 Å². The molecule has 0 heterocycles. The molecule has 0 amide bonds. The Morgan fingerprint density at radius 2 is 1.00 bits per heavy atom. The first-order valence-corrected chi connectivity index (χ1v) is 4.13. The molecule has 0 spiro atoms. The summed E-state index contributed by atoms with van der Waals surface area (Å²) >= 11 is -5.52. The van der Waals surface area contributed by atoms with Gasteiger partial charge in [0.25, 0.3) is 0 Å². The molecule has 0 aromatic carbocycles. The van der Waals surface area contributed by atoms with E-state index in [1.165, 1.54) is 0 Å². The van der Waals surface area contributed by atoms with Gasteiger partial charge in [-0.2, -0.15) is 0 Å². The Morgan fingerprint density at radius 3 is 1.00 bits per heavy atom. The SMILES string of the molecule is [Ag].[Ag].[O]=[Mo](=[O])([OH])[OH]. The fraction of sp³-hybridized carbons (Fsp3) is 0. The summed E-state index contributed by atoms with van der Waals surface area (Å²) in [6.07, 6.45) is 0.